The van der Waals surface area contributed by atoms with E-state index in [9.17, 15) is 4.79 Å². The molecule has 2 aromatic rings. The summed E-state index contributed by atoms with van der Waals surface area (Å²) in [5.41, 5.74) is 4.49. The van der Waals surface area contributed by atoms with E-state index in [1.54, 1.807) is 0 Å². The van der Waals surface area contributed by atoms with Crippen LogP contribution >= 0.6 is 24.0 Å². The van der Waals surface area contributed by atoms with Crippen LogP contribution in [0.25, 0.3) is 6.08 Å². The molecule has 0 spiro atoms. The molecule has 0 radical (unpaired) electrons. The van der Waals surface area contributed by atoms with Crippen molar-refractivity contribution in [2.24, 2.45) is 0 Å². The summed E-state index contributed by atoms with van der Waals surface area (Å²) in [7, 11) is 0. The summed E-state index contributed by atoms with van der Waals surface area (Å²) >= 11 is 6.29. The second-order valence-electron chi connectivity index (χ2n) is 6.93. The monoisotopic (exact) mass is 368 g/mol. The predicted octanol–water partition coefficient (Wildman–Crippen LogP) is 5.22. The number of hydrogen-bond acceptors (Lipinski definition) is 4. The Kier molecular flexibility index (Phi) is 4.97. The van der Waals surface area contributed by atoms with E-state index in [-0.39, 0.29) is 11.3 Å². The van der Waals surface area contributed by atoms with E-state index in [1.165, 1.54) is 17.3 Å². The highest BCUT2D eigenvalue weighted by Gasteiger charge is 2.21. The number of amides is 1. The maximum Gasteiger partial charge on any atom is 0.263 e. The number of rotatable bonds is 3. The van der Waals surface area contributed by atoms with Gasteiger partial charge in [-0.25, -0.2) is 0 Å². The van der Waals surface area contributed by atoms with E-state index in [0.29, 0.717) is 9.23 Å². The van der Waals surface area contributed by atoms with Crippen molar-refractivity contribution in [2.75, 3.05) is 5.32 Å². The van der Waals surface area contributed by atoms with Crippen LogP contribution in [0.1, 0.15) is 31.9 Å². The first-order chi connectivity index (χ1) is 11.8. The fourth-order valence-corrected chi connectivity index (χ4v) is 3.50. The van der Waals surface area contributed by atoms with Crippen LogP contribution < -0.4 is 10.6 Å². The first-order valence-corrected chi connectivity index (χ1v) is 9.26. The van der Waals surface area contributed by atoms with Crippen molar-refractivity contribution in [1.82, 2.24) is 5.32 Å². The molecule has 3 nitrogen and oxygen atoms in total. The van der Waals surface area contributed by atoms with Crippen molar-refractivity contribution in [2.45, 2.75) is 26.2 Å². The third kappa shape index (κ3) is 4.50. The van der Waals surface area contributed by atoms with Gasteiger partial charge in [0.15, 0.2) is 0 Å². The zero-order valence-corrected chi connectivity index (χ0v) is 16.1. The molecule has 128 valence electrons. The van der Waals surface area contributed by atoms with Gasteiger partial charge in [-0.2, -0.15) is 0 Å². The molecule has 1 heterocycles. The average molecular weight is 369 g/mol. The molecular weight excluding hydrogens is 348 g/mol. The molecule has 0 saturated carbocycles. The van der Waals surface area contributed by atoms with Gasteiger partial charge in [0.2, 0.25) is 0 Å². The zero-order chi connectivity index (χ0) is 18.0. The van der Waals surface area contributed by atoms with Gasteiger partial charge in [-0.15, -0.1) is 0 Å². The molecule has 25 heavy (non-hydrogen) atoms. The van der Waals surface area contributed by atoms with E-state index in [4.69, 9.17) is 12.2 Å². The summed E-state index contributed by atoms with van der Waals surface area (Å²) in [5, 5.41) is 6.01. The molecule has 1 fully saturated rings. The Bertz CT molecular complexity index is 831. The smallest absolute Gasteiger partial charge is 0.263 e. The van der Waals surface area contributed by atoms with Crippen LogP contribution in [-0.2, 0) is 10.2 Å². The lowest BCUT2D eigenvalue weighted by atomic mass is 9.87. The first kappa shape index (κ1) is 17.7. The summed E-state index contributed by atoms with van der Waals surface area (Å²) in [6.45, 7) is 6.62. The van der Waals surface area contributed by atoms with Crippen LogP contribution in [-0.4, -0.2) is 10.2 Å². The van der Waals surface area contributed by atoms with E-state index < -0.39 is 0 Å². The molecule has 1 amide bonds. The van der Waals surface area contributed by atoms with E-state index in [1.807, 2.05) is 30.3 Å². The minimum Gasteiger partial charge on any atom is -0.356 e. The summed E-state index contributed by atoms with van der Waals surface area (Å²) in [6.07, 6.45) is 1.85. The molecule has 3 rings (SSSR count). The van der Waals surface area contributed by atoms with Gasteiger partial charge in [0, 0.05) is 11.4 Å². The van der Waals surface area contributed by atoms with Gasteiger partial charge < -0.3 is 10.6 Å². The molecule has 0 bridgehead atoms. The predicted molar refractivity (Wildman–Crippen MR) is 111 cm³/mol. The highest BCUT2D eigenvalue weighted by atomic mass is 32.2. The highest BCUT2D eigenvalue weighted by molar-refractivity contribution is 8.26. The molecular formula is C20H20N2OS2. The number of benzene rings is 2. The number of thioether (sulfide) groups is 1. The molecule has 1 saturated heterocycles. The molecule has 0 unspecified atom stereocenters. The Balaban J connectivity index is 1.70. The topological polar surface area (TPSA) is 41.1 Å². The van der Waals surface area contributed by atoms with E-state index in [2.05, 4.69) is 55.7 Å². The van der Waals surface area contributed by atoms with Crippen molar-refractivity contribution in [1.29, 1.82) is 0 Å². The van der Waals surface area contributed by atoms with Crippen molar-refractivity contribution in [3.8, 4) is 0 Å². The molecule has 1 aliphatic heterocycles. The standard InChI is InChI=1S/C20H20N2OS2/c1-20(2,3)14-6-10-16(11-7-14)21-15-8-4-13(5-9-15)12-17-18(23)22-19(24)25-17/h4-12,21H,1-3H3,(H,22,23,24). The highest BCUT2D eigenvalue weighted by Crippen LogP contribution is 2.27. The van der Waals surface area contributed by atoms with Gasteiger partial charge in [0.1, 0.15) is 4.32 Å². The zero-order valence-electron chi connectivity index (χ0n) is 14.4. The SMILES string of the molecule is CC(C)(C)c1ccc(Nc2ccc(C=C3SC(=S)NC3=O)cc2)cc1. The van der Waals surface area contributed by atoms with Crippen molar-refractivity contribution < 1.29 is 4.79 Å². The van der Waals surface area contributed by atoms with Crippen LogP contribution in [0.4, 0.5) is 11.4 Å². The summed E-state index contributed by atoms with van der Waals surface area (Å²) in [5.74, 6) is -0.129. The largest absolute Gasteiger partial charge is 0.356 e. The van der Waals surface area contributed by atoms with E-state index in [0.717, 1.165) is 16.9 Å². The van der Waals surface area contributed by atoms with Crippen molar-refractivity contribution >= 4 is 51.7 Å². The minimum atomic E-state index is -0.129. The normalized spacial score (nSPS) is 16.2. The fraction of sp³-hybridized carbons (Fsp3) is 0.200. The molecule has 0 atom stereocenters. The lowest BCUT2D eigenvalue weighted by Gasteiger charge is -2.19. The lowest BCUT2D eigenvalue weighted by molar-refractivity contribution is -0.115. The maximum atomic E-state index is 11.7. The van der Waals surface area contributed by atoms with Crippen molar-refractivity contribution in [3.63, 3.8) is 0 Å². The molecule has 2 N–H and O–H groups in total. The van der Waals surface area contributed by atoms with Crippen LogP contribution in [0.2, 0.25) is 0 Å². The van der Waals surface area contributed by atoms with Crippen LogP contribution in [0.3, 0.4) is 0 Å². The average Bonchev–Trinajstić information content (AvgIpc) is 2.86. The molecule has 0 aromatic heterocycles. The lowest BCUT2D eigenvalue weighted by Crippen LogP contribution is -2.17. The Labute approximate surface area is 157 Å². The number of carbonyl (C=O) groups excluding carboxylic acids is 1. The third-order valence-corrected chi connectivity index (χ3v) is 5.05. The van der Waals surface area contributed by atoms with Crippen LogP contribution in [0, 0.1) is 0 Å². The van der Waals surface area contributed by atoms with Crippen LogP contribution in [0.5, 0.6) is 0 Å². The first-order valence-electron chi connectivity index (χ1n) is 8.04. The number of hydrogen-bond donors (Lipinski definition) is 2. The number of anilines is 2. The Morgan fingerprint density at radius 1 is 1.00 bits per heavy atom. The van der Waals surface area contributed by atoms with Gasteiger partial charge in [-0.05, 0) is 46.9 Å². The quantitative estimate of drug-likeness (QED) is 0.576. The molecule has 1 aliphatic rings. The number of thiocarbonyl (C=S) groups is 1. The third-order valence-electron chi connectivity index (χ3n) is 3.89. The van der Waals surface area contributed by atoms with Gasteiger partial charge in [0.25, 0.3) is 5.91 Å². The van der Waals surface area contributed by atoms with Gasteiger partial charge >= 0.3 is 0 Å². The van der Waals surface area contributed by atoms with Gasteiger partial charge in [-0.3, -0.25) is 4.79 Å². The van der Waals surface area contributed by atoms with Gasteiger partial charge in [-0.1, -0.05) is 69.0 Å². The summed E-state index contributed by atoms with van der Waals surface area (Å²) in [6, 6.07) is 16.5. The second kappa shape index (κ2) is 7.02. The fourth-order valence-electron chi connectivity index (χ4n) is 2.46. The summed E-state index contributed by atoms with van der Waals surface area (Å²) < 4.78 is 0.508. The molecule has 0 aliphatic carbocycles. The number of nitrogens with one attached hydrogen (secondary N) is 2. The molecule has 5 heteroatoms. The maximum absolute atomic E-state index is 11.7. The Morgan fingerprint density at radius 3 is 2.04 bits per heavy atom. The minimum absolute atomic E-state index is 0.129. The van der Waals surface area contributed by atoms with Crippen molar-refractivity contribution in [3.05, 3.63) is 64.6 Å². The number of carbonyl (C=O) groups is 1. The van der Waals surface area contributed by atoms with Gasteiger partial charge in [0.05, 0.1) is 4.91 Å². The second-order valence-corrected chi connectivity index (χ2v) is 8.65. The Morgan fingerprint density at radius 2 is 1.56 bits per heavy atom. The molecule has 2 aromatic carbocycles. The Hall–Kier alpha value is -2.11. The summed E-state index contributed by atoms with van der Waals surface area (Å²) in [4.78, 5) is 12.3. The van der Waals surface area contributed by atoms with Crippen LogP contribution in [0.15, 0.2) is 53.4 Å². The van der Waals surface area contributed by atoms with E-state index >= 15 is 0 Å².